The molecule has 3 atom stereocenters. The summed E-state index contributed by atoms with van der Waals surface area (Å²) in [6.07, 6.45) is 6.58. The highest BCUT2D eigenvalue weighted by molar-refractivity contribution is 7.91. The van der Waals surface area contributed by atoms with Crippen LogP contribution in [0.5, 0.6) is 5.75 Å². The average molecular weight is 483 g/mol. The lowest BCUT2D eigenvalue weighted by molar-refractivity contribution is 0.0679. The molecule has 6 nitrogen and oxygen atoms in total. The molecule has 2 aromatic carbocycles. The smallest absolute Gasteiger partial charge is 0.251 e. The first-order chi connectivity index (χ1) is 16.3. The third-order valence-corrected chi connectivity index (χ3v) is 7.54. The predicted octanol–water partition coefficient (Wildman–Crippen LogP) is 4.41. The van der Waals surface area contributed by atoms with Crippen LogP contribution < -0.4 is 10.1 Å². The molecule has 1 saturated heterocycles. The molecule has 1 aliphatic carbocycles. The van der Waals surface area contributed by atoms with Gasteiger partial charge in [0.1, 0.15) is 28.5 Å². The van der Waals surface area contributed by atoms with E-state index in [0.717, 1.165) is 50.0 Å². The van der Waals surface area contributed by atoms with Crippen LogP contribution >= 0.6 is 0 Å². The predicted molar refractivity (Wildman–Crippen MR) is 136 cm³/mol. The molecule has 4 rings (SSSR count). The number of fused-ring (bicyclic) bond motifs is 1. The summed E-state index contributed by atoms with van der Waals surface area (Å²) >= 11 is -1.27. The van der Waals surface area contributed by atoms with Crippen molar-refractivity contribution < 1.29 is 18.8 Å². The summed E-state index contributed by atoms with van der Waals surface area (Å²) < 4.78 is 27.4. The van der Waals surface area contributed by atoms with Gasteiger partial charge in [0, 0.05) is 18.2 Å². The van der Waals surface area contributed by atoms with Crippen LogP contribution in [0.25, 0.3) is 0 Å². The van der Waals surface area contributed by atoms with E-state index in [0.29, 0.717) is 12.2 Å². The zero-order valence-corrected chi connectivity index (χ0v) is 21.0. The van der Waals surface area contributed by atoms with Crippen molar-refractivity contribution >= 4 is 23.5 Å². The average Bonchev–Trinajstić information content (AvgIpc) is 3.34. The van der Waals surface area contributed by atoms with Gasteiger partial charge in [-0.05, 0) is 99.9 Å². The largest absolute Gasteiger partial charge is 0.591 e. The van der Waals surface area contributed by atoms with Crippen LogP contribution in [-0.2, 0) is 28.9 Å². The van der Waals surface area contributed by atoms with E-state index >= 15 is 0 Å². The number of hydrogen-bond donors (Lipinski definition) is 1. The van der Waals surface area contributed by atoms with Crippen molar-refractivity contribution in [2.45, 2.75) is 69.8 Å². The van der Waals surface area contributed by atoms with Crippen molar-refractivity contribution in [3.05, 3.63) is 64.7 Å². The van der Waals surface area contributed by atoms with Crippen LogP contribution in [0.4, 0.5) is 0 Å². The summed E-state index contributed by atoms with van der Waals surface area (Å²) in [4.78, 5) is 12.8. The minimum absolute atomic E-state index is 0.0625. The highest BCUT2D eigenvalue weighted by Crippen LogP contribution is 2.24. The molecule has 1 unspecified atom stereocenters. The maximum atomic E-state index is 12.8. The summed E-state index contributed by atoms with van der Waals surface area (Å²) in [5.74, 6) is 0.692. The van der Waals surface area contributed by atoms with E-state index in [2.05, 4.69) is 21.8 Å². The van der Waals surface area contributed by atoms with Gasteiger partial charge in [-0.3, -0.25) is 4.79 Å². The topological polar surface area (TPSA) is 83.0 Å². The zero-order valence-electron chi connectivity index (χ0n) is 20.2. The third kappa shape index (κ3) is 6.62. The fourth-order valence-electron chi connectivity index (χ4n) is 4.18. The highest BCUT2D eigenvalue weighted by atomic mass is 32.2. The Morgan fingerprint density at radius 1 is 1.21 bits per heavy atom. The molecule has 2 aliphatic rings. The second kappa shape index (κ2) is 10.9. The number of amides is 1. The maximum Gasteiger partial charge on any atom is 0.251 e. The normalized spacial score (nSPS) is 21.3. The number of carbonyl (C=O) groups is 1. The lowest BCUT2D eigenvalue weighted by Gasteiger charge is -2.26. The summed E-state index contributed by atoms with van der Waals surface area (Å²) in [7, 11) is 0. The van der Waals surface area contributed by atoms with E-state index in [1.54, 1.807) is 6.21 Å². The molecule has 0 spiro atoms. The third-order valence-electron chi connectivity index (χ3n) is 6.19. The minimum Gasteiger partial charge on any atom is -0.591 e. The van der Waals surface area contributed by atoms with Crippen molar-refractivity contribution in [3.63, 3.8) is 0 Å². The molecule has 0 radical (unpaired) electrons. The van der Waals surface area contributed by atoms with Crippen molar-refractivity contribution in [1.29, 1.82) is 0 Å². The molecule has 7 heteroatoms. The molecule has 1 aliphatic heterocycles. The van der Waals surface area contributed by atoms with Crippen LogP contribution in [0.15, 0.2) is 46.9 Å². The number of nitrogens with one attached hydrogen (secondary N) is 1. The summed E-state index contributed by atoms with van der Waals surface area (Å²) in [5.41, 5.74) is 4.10. The Bertz CT molecular complexity index is 1010. The van der Waals surface area contributed by atoms with Gasteiger partial charge in [-0.2, -0.15) is 0 Å². The van der Waals surface area contributed by atoms with E-state index in [9.17, 15) is 9.35 Å². The van der Waals surface area contributed by atoms with E-state index in [1.807, 2.05) is 51.1 Å². The Morgan fingerprint density at radius 3 is 2.71 bits per heavy atom. The van der Waals surface area contributed by atoms with Gasteiger partial charge >= 0.3 is 0 Å². The molecule has 0 aromatic heterocycles. The van der Waals surface area contributed by atoms with Gasteiger partial charge in [0.15, 0.2) is 0 Å². The molecule has 1 heterocycles. The minimum atomic E-state index is -1.27. The van der Waals surface area contributed by atoms with E-state index < -0.39 is 11.4 Å². The zero-order chi connectivity index (χ0) is 24.1. The molecule has 0 saturated carbocycles. The van der Waals surface area contributed by atoms with Crippen molar-refractivity contribution in [1.82, 2.24) is 5.32 Å². The van der Waals surface area contributed by atoms with Crippen molar-refractivity contribution in [2.75, 3.05) is 13.2 Å². The number of aryl methyl sites for hydroxylation is 1. The van der Waals surface area contributed by atoms with Gasteiger partial charge in [-0.1, -0.05) is 16.5 Å². The van der Waals surface area contributed by atoms with Crippen LogP contribution in [0.3, 0.4) is 0 Å². The number of nitrogens with zero attached hydrogens (tertiary/aromatic N) is 1. The van der Waals surface area contributed by atoms with Gasteiger partial charge in [0.25, 0.3) is 5.91 Å². The highest BCUT2D eigenvalue weighted by Gasteiger charge is 2.26. The molecule has 1 N–H and O–H groups in total. The number of benzene rings is 2. The van der Waals surface area contributed by atoms with Crippen LogP contribution in [0.1, 0.15) is 67.1 Å². The summed E-state index contributed by atoms with van der Waals surface area (Å²) in [6.45, 7) is 7.10. The Balaban J connectivity index is 1.29. The first-order valence-electron chi connectivity index (χ1n) is 12.0. The standard InChI is InChI=1S/C27H34N2O4S/c1-27(2,3)34(31)28-17-19-6-7-22-16-23(11-8-21(22)15-19)29-26(30)20-9-12-24(13-10-20)33-18-25-5-4-14-32-25/h6-7,9-10,12-13,15,17,23,25H,4-5,8,11,14,16,18H2,1-3H3,(H,29,30)/b28-17+/t23-,25-,34?/m0/s1. The van der Waals surface area contributed by atoms with Gasteiger partial charge in [-0.15, -0.1) is 0 Å². The van der Waals surface area contributed by atoms with Crippen molar-refractivity contribution in [2.24, 2.45) is 4.40 Å². The molecule has 34 heavy (non-hydrogen) atoms. The van der Waals surface area contributed by atoms with E-state index in [-0.39, 0.29) is 22.8 Å². The van der Waals surface area contributed by atoms with Crippen LogP contribution in [-0.4, -0.2) is 46.8 Å². The van der Waals surface area contributed by atoms with E-state index in [1.165, 1.54) is 11.1 Å². The SMILES string of the molecule is CC(C)(C)[S+]([O-])/N=C/c1ccc2c(c1)CC[C@H](NC(=O)c1ccc(OC[C@@H]3CCCO3)cc1)C2. The number of carbonyl (C=O) groups excluding carboxylic acids is 1. The molecule has 0 bridgehead atoms. The fraction of sp³-hybridized carbons (Fsp3) is 0.481. The molecular formula is C27H34N2O4S. The Labute approximate surface area is 205 Å². The second-order valence-corrected chi connectivity index (χ2v) is 11.9. The first-order valence-corrected chi connectivity index (χ1v) is 13.1. The van der Waals surface area contributed by atoms with Gasteiger partial charge in [0.2, 0.25) is 0 Å². The van der Waals surface area contributed by atoms with Gasteiger partial charge < -0.3 is 19.3 Å². The summed E-state index contributed by atoms with van der Waals surface area (Å²) in [6, 6.07) is 13.6. The monoisotopic (exact) mass is 482 g/mol. The van der Waals surface area contributed by atoms with Crippen LogP contribution in [0.2, 0.25) is 0 Å². The van der Waals surface area contributed by atoms with E-state index in [4.69, 9.17) is 9.47 Å². The lowest BCUT2D eigenvalue weighted by atomic mass is 9.87. The maximum absolute atomic E-state index is 12.8. The second-order valence-electron chi connectivity index (χ2n) is 10.0. The summed E-state index contributed by atoms with van der Waals surface area (Å²) in [5, 5.41) is 3.18. The fourth-order valence-corrected chi connectivity index (χ4v) is 4.72. The number of ether oxygens (including phenoxy) is 2. The molecule has 2 aromatic rings. The quantitative estimate of drug-likeness (QED) is 0.468. The molecule has 1 amide bonds. The number of rotatable bonds is 7. The lowest BCUT2D eigenvalue weighted by Crippen LogP contribution is -2.38. The van der Waals surface area contributed by atoms with Gasteiger partial charge in [-0.25, -0.2) is 0 Å². The van der Waals surface area contributed by atoms with Crippen LogP contribution in [0, 0.1) is 0 Å². The Kier molecular flexibility index (Phi) is 7.96. The molecular weight excluding hydrogens is 448 g/mol. The number of hydrogen-bond acceptors (Lipinski definition) is 5. The van der Waals surface area contributed by atoms with Crippen molar-refractivity contribution in [3.8, 4) is 5.75 Å². The Hall–Kier alpha value is -2.35. The Morgan fingerprint density at radius 2 is 2.00 bits per heavy atom. The molecule has 1 fully saturated rings. The molecule has 182 valence electrons. The van der Waals surface area contributed by atoms with Gasteiger partial charge in [0.05, 0.1) is 12.3 Å². The first kappa shape index (κ1) is 24.8.